The predicted molar refractivity (Wildman–Crippen MR) is 109 cm³/mol. The van der Waals surface area contributed by atoms with E-state index in [1.807, 2.05) is 6.92 Å². The highest BCUT2D eigenvalue weighted by Crippen LogP contribution is 2.34. The molecule has 0 spiro atoms. The Morgan fingerprint density at radius 2 is 1.87 bits per heavy atom. The second-order valence-corrected chi connectivity index (χ2v) is 7.23. The summed E-state index contributed by atoms with van der Waals surface area (Å²) in [4.78, 5) is 24.7. The van der Waals surface area contributed by atoms with E-state index in [1.54, 1.807) is 42.5 Å². The third-order valence-electron chi connectivity index (χ3n) is 4.12. The second-order valence-electron chi connectivity index (χ2n) is 6.16. The van der Waals surface area contributed by atoms with Crippen molar-refractivity contribution < 1.29 is 23.8 Å². The lowest BCUT2D eigenvalue weighted by Gasteiger charge is -2.05. The Labute approximate surface area is 176 Å². The molecule has 0 saturated carbocycles. The largest absolute Gasteiger partial charge is 0.494 e. The van der Waals surface area contributed by atoms with Crippen molar-refractivity contribution in [1.82, 2.24) is 15.5 Å². The molecular formula is C20H18N4O5S. The highest BCUT2D eigenvalue weighted by atomic mass is 32.1. The van der Waals surface area contributed by atoms with Crippen molar-refractivity contribution in [2.24, 2.45) is 0 Å². The Hall–Kier alpha value is -3.66. The summed E-state index contributed by atoms with van der Waals surface area (Å²) in [5.41, 5.74) is 1.06. The van der Waals surface area contributed by atoms with Crippen LogP contribution in [0, 0.1) is 0 Å². The van der Waals surface area contributed by atoms with Crippen LogP contribution in [-0.4, -0.2) is 35.4 Å². The molecule has 1 aliphatic heterocycles. The van der Waals surface area contributed by atoms with Gasteiger partial charge in [0.15, 0.2) is 11.5 Å². The number of hydrogen-bond donors (Lipinski definition) is 2. The molecule has 0 atom stereocenters. The molecule has 0 fully saturated rings. The van der Waals surface area contributed by atoms with Gasteiger partial charge in [0.25, 0.3) is 11.8 Å². The average Bonchev–Trinajstić information content (AvgIpc) is 3.42. The Morgan fingerprint density at radius 1 is 1.07 bits per heavy atom. The number of aromatic nitrogens is 2. The molecule has 30 heavy (non-hydrogen) atoms. The zero-order valence-electron chi connectivity index (χ0n) is 16.0. The van der Waals surface area contributed by atoms with Crippen LogP contribution in [0.5, 0.6) is 17.2 Å². The smallest absolute Gasteiger partial charge is 0.286 e. The third kappa shape index (κ3) is 4.49. The maximum atomic E-state index is 12.4. The number of nitrogens with zero attached hydrogens (tertiary/aromatic N) is 2. The van der Waals surface area contributed by atoms with Gasteiger partial charge in [0.05, 0.1) is 13.2 Å². The van der Waals surface area contributed by atoms with E-state index in [0.29, 0.717) is 40.1 Å². The summed E-state index contributed by atoms with van der Waals surface area (Å²) < 4.78 is 15.9. The molecule has 2 heterocycles. The van der Waals surface area contributed by atoms with Crippen LogP contribution in [0.15, 0.2) is 42.5 Å². The van der Waals surface area contributed by atoms with Crippen LogP contribution in [0.4, 0.5) is 5.69 Å². The van der Waals surface area contributed by atoms with Gasteiger partial charge in [-0.15, -0.1) is 10.2 Å². The van der Waals surface area contributed by atoms with Crippen molar-refractivity contribution in [3.63, 3.8) is 0 Å². The summed E-state index contributed by atoms with van der Waals surface area (Å²) in [5, 5.41) is 14.1. The topological polar surface area (TPSA) is 112 Å². The zero-order valence-corrected chi connectivity index (χ0v) is 16.8. The summed E-state index contributed by atoms with van der Waals surface area (Å²) in [6, 6.07) is 12.0. The molecular weight excluding hydrogens is 408 g/mol. The van der Waals surface area contributed by atoms with Gasteiger partial charge in [-0.1, -0.05) is 11.3 Å². The van der Waals surface area contributed by atoms with E-state index in [4.69, 9.17) is 14.2 Å². The Kier molecular flexibility index (Phi) is 5.75. The van der Waals surface area contributed by atoms with Gasteiger partial charge in [-0.3, -0.25) is 9.59 Å². The van der Waals surface area contributed by atoms with E-state index >= 15 is 0 Å². The van der Waals surface area contributed by atoms with E-state index in [1.165, 1.54) is 0 Å². The lowest BCUT2D eigenvalue weighted by molar-refractivity contribution is 0.0949. The minimum atomic E-state index is -0.393. The van der Waals surface area contributed by atoms with Gasteiger partial charge in [0.2, 0.25) is 11.8 Å². The number of fused-ring (bicyclic) bond motifs is 1. The van der Waals surface area contributed by atoms with Gasteiger partial charge < -0.3 is 24.8 Å². The van der Waals surface area contributed by atoms with E-state index < -0.39 is 5.91 Å². The summed E-state index contributed by atoms with van der Waals surface area (Å²) >= 11 is 1.11. The van der Waals surface area contributed by atoms with E-state index in [-0.39, 0.29) is 24.3 Å². The summed E-state index contributed by atoms with van der Waals surface area (Å²) in [5.74, 6) is 1.27. The minimum Gasteiger partial charge on any atom is -0.494 e. The normalized spacial score (nSPS) is 11.8. The zero-order chi connectivity index (χ0) is 20.9. The lowest BCUT2D eigenvalue weighted by atomic mass is 10.2. The molecule has 2 amide bonds. The third-order valence-corrected chi connectivity index (χ3v) is 5.04. The number of anilines is 1. The van der Waals surface area contributed by atoms with E-state index in [9.17, 15) is 9.59 Å². The van der Waals surface area contributed by atoms with Crippen molar-refractivity contribution in [3.8, 4) is 17.2 Å². The van der Waals surface area contributed by atoms with Crippen molar-refractivity contribution in [2.75, 3.05) is 18.7 Å². The average molecular weight is 426 g/mol. The van der Waals surface area contributed by atoms with Gasteiger partial charge in [-0.05, 0) is 43.3 Å². The molecule has 0 saturated heterocycles. The predicted octanol–water partition coefficient (Wildman–Crippen LogP) is 2.85. The molecule has 1 aliphatic rings. The van der Waals surface area contributed by atoms with Gasteiger partial charge in [0.1, 0.15) is 10.8 Å². The van der Waals surface area contributed by atoms with Crippen molar-refractivity contribution in [1.29, 1.82) is 0 Å². The first-order valence-corrected chi connectivity index (χ1v) is 9.98. The van der Waals surface area contributed by atoms with Gasteiger partial charge in [0, 0.05) is 17.3 Å². The fraction of sp³-hybridized carbons (Fsp3) is 0.200. The highest BCUT2D eigenvalue weighted by Gasteiger charge is 2.17. The Balaban J connectivity index is 1.32. The lowest BCUT2D eigenvalue weighted by Crippen LogP contribution is -2.22. The number of carbonyl (C=O) groups is 2. The van der Waals surface area contributed by atoms with Crippen molar-refractivity contribution in [2.45, 2.75) is 13.5 Å². The Morgan fingerprint density at radius 3 is 2.67 bits per heavy atom. The molecule has 1 aromatic heterocycles. The summed E-state index contributed by atoms with van der Waals surface area (Å²) in [7, 11) is 0. The van der Waals surface area contributed by atoms with Crippen LogP contribution in [0.2, 0.25) is 0 Å². The first-order chi connectivity index (χ1) is 14.6. The molecule has 0 unspecified atom stereocenters. The number of carbonyl (C=O) groups excluding carboxylic acids is 2. The van der Waals surface area contributed by atoms with Crippen molar-refractivity contribution >= 4 is 28.8 Å². The van der Waals surface area contributed by atoms with E-state index in [0.717, 1.165) is 11.3 Å². The molecule has 2 aromatic carbocycles. The maximum absolute atomic E-state index is 12.4. The maximum Gasteiger partial charge on any atom is 0.286 e. The number of benzene rings is 2. The van der Waals surface area contributed by atoms with Crippen LogP contribution in [0.3, 0.4) is 0 Å². The molecule has 154 valence electrons. The molecule has 2 N–H and O–H groups in total. The first-order valence-electron chi connectivity index (χ1n) is 9.17. The minimum absolute atomic E-state index is 0.162. The number of hydrogen-bond acceptors (Lipinski definition) is 8. The van der Waals surface area contributed by atoms with Gasteiger partial charge in [-0.2, -0.15) is 0 Å². The molecule has 4 rings (SSSR count). The number of nitrogens with one attached hydrogen (secondary N) is 2. The van der Waals surface area contributed by atoms with Crippen LogP contribution >= 0.6 is 11.3 Å². The second kappa shape index (κ2) is 8.78. The SMILES string of the molecule is CCOc1ccc(C(=O)NCc2nnc(C(=O)Nc3ccc4c(c3)OCO4)s2)cc1. The first kappa shape index (κ1) is 19.6. The van der Waals surface area contributed by atoms with Crippen LogP contribution in [0.25, 0.3) is 0 Å². The number of rotatable bonds is 7. The Bertz CT molecular complexity index is 1070. The molecule has 0 radical (unpaired) electrons. The monoisotopic (exact) mass is 426 g/mol. The van der Waals surface area contributed by atoms with Crippen LogP contribution in [0.1, 0.15) is 32.1 Å². The van der Waals surface area contributed by atoms with Gasteiger partial charge in [-0.25, -0.2) is 0 Å². The van der Waals surface area contributed by atoms with Crippen molar-refractivity contribution in [3.05, 3.63) is 58.0 Å². The number of amides is 2. The van der Waals surface area contributed by atoms with E-state index in [2.05, 4.69) is 20.8 Å². The quantitative estimate of drug-likeness (QED) is 0.597. The van der Waals surface area contributed by atoms with Crippen LogP contribution < -0.4 is 24.8 Å². The van der Waals surface area contributed by atoms with Crippen LogP contribution in [-0.2, 0) is 6.54 Å². The molecule has 0 bridgehead atoms. The van der Waals surface area contributed by atoms with Gasteiger partial charge >= 0.3 is 0 Å². The molecule has 10 heteroatoms. The fourth-order valence-corrected chi connectivity index (χ4v) is 3.38. The number of ether oxygens (including phenoxy) is 3. The molecule has 9 nitrogen and oxygen atoms in total. The highest BCUT2D eigenvalue weighted by molar-refractivity contribution is 7.13. The fourth-order valence-electron chi connectivity index (χ4n) is 2.70. The summed E-state index contributed by atoms with van der Waals surface area (Å²) in [6.07, 6.45) is 0. The molecule has 0 aliphatic carbocycles. The summed E-state index contributed by atoms with van der Waals surface area (Å²) in [6.45, 7) is 2.79. The molecule has 3 aromatic rings. The standard InChI is InChI=1S/C20H18N4O5S/c1-2-27-14-6-3-12(4-7-14)18(25)21-10-17-23-24-20(30-17)19(26)22-13-5-8-15-16(9-13)29-11-28-15/h3-9H,2,10-11H2,1H3,(H,21,25)(H,22,26).